The van der Waals surface area contributed by atoms with Crippen LogP contribution >= 0.6 is 0 Å². The number of likely N-dealkylation sites (tertiary alicyclic amines) is 1. The number of ether oxygens (including phenoxy) is 1. The molecule has 7 nitrogen and oxygen atoms in total. The molecular formula is C21H22F6N4O3. The molecule has 0 radical (unpaired) electrons. The summed E-state index contributed by atoms with van der Waals surface area (Å²) in [5, 5.41) is 5.90. The lowest BCUT2D eigenvalue weighted by atomic mass is 10.0. The van der Waals surface area contributed by atoms with Crippen molar-refractivity contribution >= 4 is 12.0 Å². The highest BCUT2D eigenvalue weighted by Crippen LogP contribution is 2.29. The number of halogens is 6. The molecular weight excluding hydrogens is 470 g/mol. The van der Waals surface area contributed by atoms with Crippen molar-refractivity contribution in [3.8, 4) is 0 Å². The number of hydrogen-bond donors (Lipinski definition) is 1. The van der Waals surface area contributed by atoms with Gasteiger partial charge in [0, 0.05) is 37.8 Å². The maximum atomic E-state index is 14.1. The van der Waals surface area contributed by atoms with Crippen LogP contribution in [0.2, 0.25) is 0 Å². The summed E-state index contributed by atoms with van der Waals surface area (Å²) < 4.78 is 85.1. The third-order valence-corrected chi connectivity index (χ3v) is 5.13. The third-order valence-electron chi connectivity index (χ3n) is 5.13. The number of amides is 2. The maximum Gasteiger partial charge on any atom is 0.435 e. The molecule has 0 saturated carbocycles. The maximum absolute atomic E-state index is 14.1. The number of nitrogens with one attached hydrogen (secondary N) is 1. The van der Waals surface area contributed by atoms with Crippen LogP contribution < -0.4 is 5.32 Å². The number of carbonyl (C=O) groups excluding carboxylic acids is 2. The predicted octanol–water partition coefficient (Wildman–Crippen LogP) is 3.84. The van der Waals surface area contributed by atoms with Gasteiger partial charge >= 0.3 is 12.3 Å². The normalized spacial score (nSPS) is 15.3. The summed E-state index contributed by atoms with van der Waals surface area (Å²) in [6.45, 7) is 3.35. The van der Waals surface area contributed by atoms with E-state index in [1.165, 1.54) is 11.1 Å². The van der Waals surface area contributed by atoms with E-state index in [0.717, 1.165) is 10.7 Å². The second-order valence-electron chi connectivity index (χ2n) is 8.19. The lowest BCUT2D eigenvalue weighted by Gasteiger charge is -2.40. The first-order valence-electron chi connectivity index (χ1n) is 10.3. The summed E-state index contributed by atoms with van der Waals surface area (Å²) in [6.07, 6.45) is -5.42. The fourth-order valence-corrected chi connectivity index (χ4v) is 3.43. The summed E-state index contributed by atoms with van der Waals surface area (Å²) in [7, 11) is 0. The van der Waals surface area contributed by atoms with Gasteiger partial charge in [0.2, 0.25) is 5.91 Å². The molecule has 13 heteroatoms. The second-order valence-corrected chi connectivity index (χ2v) is 8.19. The van der Waals surface area contributed by atoms with Gasteiger partial charge in [0.05, 0.1) is 12.1 Å². The Morgan fingerprint density at radius 2 is 1.79 bits per heavy atom. The molecule has 2 heterocycles. The Hall–Kier alpha value is -3.25. The van der Waals surface area contributed by atoms with Gasteiger partial charge in [0.1, 0.15) is 5.82 Å². The first kappa shape index (κ1) is 25.4. The van der Waals surface area contributed by atoms with Crippen LogP contribution in [0, 0.1) is 17.5 Å². The summed E-state index contributed by atoms with van der Waals surface area (Å²) in [4.78, 5) is 26.0. The zero-order valence-electron chi connectivity index (χ0n) is 18.2. The molecule has 1 saturated heterocycles. The molecule has 0 aliphatic carbocycles. The number of benzene rings is 1. The SMILES string of the molecule is CC(C)OC(=O)NC(CC(=O)N1CC(n2ccc(C(F)(F)F)n2)C1)Cc1cc(F)c(F)cc1F. The number of alkyl halides is 3. The van der Waals surface area contributed by atoms with Crippen molar-refractivity contribution in [2.75, 3.05) is 13.1 Å². The van der Waals surface area contributed by atoms with Gasteiger partial charge in [-0.05, 0) is 38.0 Å². The highest BCUT2D eigenvalue weighted by Gasteiger charge is 2.37. The van der Waals surface area contributed by atoms with Crippen molar-refractivity contribution < 1.29 is 40.7 Å². The van der Waals surface area contributed by atoms with Crippen LogP contribution in [0.4, 0.5) is 31.1 Å². The Morgan fingerprint density at radius 1 is 1.15 bits per heavy atom. The van der Waals surface area contributed by atoms with Crippen LogP contribution in [0.25, 0.3) is 0 Å². The Balaban J connectivity index is 1.65. The van der Waals surface area contributed by atoms with Gasteiger partial charge in [0.15, 0.2) is 17.3 Å². The summed E-state index contributed by atoms with van der Waals surface area (Å²) in [5.74, 6) is -4.18. The molecule has 0 spiro atoms. The summed E-state index contributed by atoms with van der Waals surface area (Å²) in [5.41, 5.74) is -1.29. The van der Waals surface area contributed by atoms with Crippen molar-refractivity contribution in [2.24, 2.45) is 0 Å². The lowest BCUT2D eigenvalue weighted by molar-refractivity contribution is -0.143. The molecule has 1 aromatic heterocycles. The predicted molar refractivity (Wildman–Crippen MR) is 106 cm³/mol. The highest BCUT2D eigenvalue weighted by atomic mass is 19.4. The van der Waals surface area contributed by atoms with Gasteiger partial charge in [-0.2, -0.15) is 18.3 Å². The van der Waals surface area contributed by atoms with Gasteiger partial charge in [-0.15, -0.1) is 0 Å². The Bertz CT molecular complexity index is 1050. The van der Waals surface area contributed by atoms with Crippen molar-refractivity contribution in [2.45, 2.75) is 51.1 Å². The number of carbonyl (C=O) groups is 2. The van der Waals surface area contributed by atoms with E-state index >= 15 is 0 Å². The number of hydrogen-bond acceptors (Lipinski definition) is 4. The van der Waals surface area contributed by atoms with E-state index in [1.807, 2.05) is 0 Å². The fourth-order valence-electron chi connectivity index (χ4n) is 3.43. The van der Waals surface area contributed by atoms with E-state index in [4.69, 9.17) is 4.74 Å². The Morgan fingerprint density at radius 3 is 2.38 bits per heavy atom. The fraction of sp³-hybridized carbons (Fsp3) is 0.476. The van der Waals surface area contributed by atoms with Crippen LogP contribution in [0.5, 0.6) is 0 Å². The minimum Gasteiger partial charge on any atom is -0.447 e. The largest absolute Gasteiger partial charge is 0.447 e. The monoisotopic (exact) mass is 492 g/mol. The lowest BCUT2D eigenvalue weighted by Crippen LogP contribution is -2.52. The van der Waals surface area contributed by atoms with Crippen molar-refractivity contribution in [3.05, 3.63) is 53.1 Å². The molecule has 1 fully saturated rings. The number of nitrogens with zero attached hydrogens (tertiary/aromatic N) is 3. The molecule has 0 bridgehead atoms. The van der Waals surface area contributed by atoms with Crippen LogP contribution in [0.3, 0.4) is 0 Å². The van der Waals surface area contributed by atoms with Crippen LogP contribution in [0.1, 0.15) is 37.6 Å². The molecule has 3 rings (SSSR count). The smallest absolute Gasteiger partial charge is 0.435 e. The highest BCUT2D eigenvalue weighted by molar-refractivity contribution is 5.78. The summed E-state index contributed by atoms with van der Waals surface area (Å²) in [6, 6.07) is 0.378. The van der Waals surface area contributed by atoms with E-state index in [2.05, 4.69) is 10.4 Å². The average molecular weight is 492 g/mol. The van der Waals surface area contributed by atoms with E-state index in [0.29, 0.717) is 12.1 Å². The van der Waals surface area contributed by atoms with Crippen LogP contribution in [0.15, 0.2) is 24.4 Å². The molecule has 186 valence electrons. The van der Waals surface area contributed by atoms with E-state index in [1.54, 1.807) is 13.8 Å². The van der Waals surface area contributed by atoms with Gasteiger partial charge in [-0.3, -0.25) is 9.48 Å². The standard InChI is InChI=1S/C21H22F6N4O3/c1-11(2)34-20(33)28-13(5-12-6-16(23)17(24)8-15(12)22)7-19(32)30-9-14(10-30)31-4-3-18(29-31)21(25,26)27/h3-4,6,8,11,13-14H,5,7,9-10H2,1-2H3,(H,28,33). The van der Waals surface area contributed by atoms with Gasteiger partial charge in [-0.25, -0.2) is 18.0 Å². The molecule has 1 aromatic carbocycles. The Labute approximate surface area is 190 Å². The second kappa shape index (κ2) is 9.94. The molecule has 1 aliphatic rings. The zero-order valence-corrected chi connectivity index (χ0v) is 18.2. The third kappa shape index (κ3) is 6.20. The van der Waals surface area contributed by atoms with Crippen LogP contribution in [-0.4, -0.2) is 51.9 Å². The van der Waals surface area contributed by atoms with Crippen LogP contribution in [-0.2, 0) is 22.1 Å². The van der Waals surface area contributed by atoms with E-state index in [-0.39, 0.29) is 31.5 Å². The van der Waals surface area contributed by atoms with Gasteiger partial charge in [-0.1, -0.05) is 0 Å². The molecule has 1 unspecified atom stereocenters. The molecule has 2 aromatic rings. The van der Waals surface area contributed by atoms with Crippen molar-refractivity contribution in [1.29, 1.82) is 0 Å². The minimum absolute atomic E-state index is 0.0838. The van der Waals surface area contributed by atoms with E-state index in [9.17, 15) is 35.9 Å². The molecule has 1 aliphatic heterocycles. The van der Waals surface area contributed by atoms with Gasteiger partial charge in [0.25, 0.3) is 0 Å². The average Bonchev–Trinajstić information content (AvgIpc) is 3.14. The first-order valence-corrected chi connectivity index (χ1v) is 10.3. The Kier molecular flexibility index (Phi) is 7.41. The topological polar surface area (TPSA) is 76.5 Å². The first-order chi connectivity index (χ1) is 15.8. The number of aromatic nitrogens is 2. The molecule has 2 amide bonds. The number of rotatable bonds is 7. The zero-order chi connectivity index (χ0) is 25.2. The summed E-state index contributed by atoms with van der Waals surface area (Å²) >= 11 is 0. The van der Waals surface area contributed by atoms with Crippen molar-refractivity contribution in [3.63, 3.8) is 0 Å². The minimum atomic E-state index is -4.58. The molecule has 34 heavy (non-hydrogen) atoms. The quantitative estimate of drug-likeness (QED) is 0.471. The molecule has 1 N–H and O–H groups in total. The van der Waals surface area contributed by atoms with E-state index < -0.39 is 59.5 Å². The number of alkyl carbamates (subject to hydrolysis) is 1. The van der Waals surface area contributed by atoms with Crippen molar-refractivity contribution in [1.82, 2.24) is 20.0 Å². The molecule has 1 atom stereocenters. The van der Waals surface area contributed by atoms with Gasteiger partial charge < -0.3 is 15.0 Å².